The zero-order valence-electron chi connectivity index (χ0n) is 36.0. The molecule has 4 atom stereocenters. The van der Waals surface area contributed by atoms with Gasteiger partial charge in [-0.25, -0.2) is 4.57 Å². The lowest BCUT2D eigenvalue weighted by Gasteiger charge is -2.20. The molecule has 12 nitrogen and oxygen atoms in total. The fourth-order valence-corrected chi connectivity index (χ4v) is 6.83. The molecule has 1 aromatic heterocycles. The molecule has 1 heterocycles. The van der Waals surface area contributed by atoms with Crippen molar-refractivity contribution in [2.45, 2.75) is 174 Å². The monoisotopic (exact) mass is 838 g/mol. The number of aryl methyl sites for hydroxylation is 2. The summed E-state index contributed by atoms with van der Waals surface area (Å²) in [6.45, 7) is 7.45. The molecule has 0 aliphatic rings. The number of aliphatic hydroxyl groups excluding tert-OH is 2. The van der Waals surface area contributed by atoms with E-state index >= 15 is 0 Å². The number of unbranched alkanes of at least 4 members (excludes halogenated alkanes) is 7. The molecule has 0 fully saturated rings. The van der Waals surface area contributed by atoms with Crippen molar-refractivity contribution in [1.29, 1.82) is 0 Å². The summed E-state index contributed by atoms with van der Waals surface area (Å²) in [7, 11) is -4.46. The van der Waals surface area contributed by atoms with Crippen LogP contribution in [0.1, 0.15) is 152 Å². The number of carbonyl (C=O) groups is 2. The van der Waals surface area contributed by atoms with Gasteiger partial charge in [0.05, 0.1) is 25.4 Å². The van der Waals surface area contributed by atoms with Crippen LogP contribution in [0.3, 0.4) is 0 Å². The molecule has 332 valence electrons. The standard InChI is InChI=1S/C45H76NO11P/c1-5-7-8-9-10-11-12-13-14-17-20-23-28-40(47)41(48)29-26-32-44(49)53-35-39(36-55-58(51,52)54-34-33-46)56-45(50)31-25-22-19-16-15-18-21-24-30-43-38(4)37(3)42(57-43)27-6-2/h7-8,10-11,13-14,20,23,39-41,47-48H,5-6,9,12,15-19,21-22,24-36,46H2,1-4H3,(H,51,52)/b8-7-,11-10-,14-13-,23-20-/t39-,40+,41+/m1/s1. The summed E-state index contributed by atoms with van der Waals surface area (Å²) in [6.07, 6.45) is 28.9. The zero-order valence-corrected chi connectivity index (χ0v) is 36.8. The highest BCUT2D eigenvalue weighted by atomic mass is 31.2. The molecular weight excluding hydrogens is 761 g/mol. The molecule has 0 aliphatic heterocycles. The summed E-state index contributed by atoms with van der Waals surface area (Å²) in [6, 6.07) is 0. The Morgan fingerprint density at radius 1 is 0.707 bits per heavy atom. The van der Waals surface area contributed by atoms with E-state index in [2.05, 4.69) is 58.1 Å². The van der Waals surface area contributed by atoms with Crippen molar-refractivity contribution in [2.24, 2.45) is 5.73 Å². The number of esters is 2. The predicted octanol–water partition coefficient (Wildman–Crippen LogP) is 9.54. The Bertz CT molecular complexity index is 1400. The fourth-order valence-electron chi connectivity index (χ4n) is 6.06. The van der Waals surface area contributed by atoms with Crippen LogP contribution in [0.25, 0.3) is 0 Å². The highest BCUT2D eigenvalue weighted by molar-refractivity contribution is 7.47. The lowest BCUT2D eigenvalue weighted by Crippen LogP contribution is -2.30. The van der Waals surface area contributed by atoms with Crippen molar-refractivity contribution in [3.63, 3.8) is 0 Å². The Hall–Kier alpha value is -2.83. The van der Waals surface area contributed by atoms with E-state index in [1.165, 1.54) is 11.1 Å². The van der Waals surface area contributed by atoms with Crippen molar-refractivity contribution in [1.82, 2.24) is 0 Å². The Kier molecular flexibility index (Phi) is 31.1. The fraction of sp³-hybridized carbons (Fsp3) is 0.689. The lowest BCUT2D eigenvalue weighted by atomic mass is 10.0. The second-order valence-corrected chi connectivity index (χ2v) is 16.2. The van der Waals surface area contributed by atoms with Crippen molar-refractivity contribution in [3.05, 3.63) is 71.3 Å². The topological polar surface area (TPSA) is 188 Å². The number of carbonyl (C=O) groups excluding carboxylic acids is 2. The minimum absolute atomic E-state index is 0.00519. The number of nitrogens with two attached hydrogens (primary N) is 1. The largest absolute Gasteiger partial charge is 0.472 e. The summed E-state index contributed by atoms with van der Waals surface area (Å²) >= 11 is 0. The summed E-state index contributed by atoms with van der Waals surface area (Å²) in [5.74, 6) is 1.11. The maximum Gasteiger partial charge on any atom is 0.472 e. The SMILES string of the molecule is CC/C=C\C/C=C\C/C=C\C/C=C\C[C@H](O)[C@@H](O)CCCC(=O)OC[C@H](COP(=O)(O)OCCN)OC(=O)CCCCCCCCCCc1oc(CCC)c(C)c1C. The molecule has 58 heavy (non-hydrogen) atoms. The second kappa shape index (κ2) is 33.9. The van der Waals surface area contributed by atoms with Crippen LogP contribution in [-0.2, 0) is 45.5 Å². The number of allylic oxidation sites excluding steroid dienone is 7. The van der Waals surface area contributed by atoms with Gasteiger partial charge in [0.15, 0.2) is 6.10 Å². The summed E-state index contributed by atoms with van der Waals surface area (Å²) in [4.78, 5) is 35.0. The molecule has 5 N–H and O–H groups in total. The van der Waals surface area contributed by atoms with Gasteiger partial charge in [-0.2, -0.15) is 0 Å². The van der Waals surface area contributed by atoms with Crippen LogP contribution in [0.4, 0.5) is 0 Å². The molecule has 0 spiro atoms. The summed E-state index contributed by atoms with van der Waals surface area (Å²) in [5, 5.41) is 20.7. The number of phosphoric ester groups is 1. The van der Waals surface area contributed by atoms with Gasteiger partial charge in [0.2, 0.25) is 0 Å². The van der Waals surface area contributed by atoms with E-state index in [-0.39, 0.29) is 45.3 Å². The highest BCUT2D eigenvalue weighted by Gasteiger charge is 2.26. The van der Waals surface area contributed by atoms with Crippen LogP contribution >= 0.6 is 7.82 Å². The van der Waals surface area contributed by atoms with E-state index in [4.69, 9.17) is 28.7 Å². The van der Waals surface area contributed by atoms with Gasteiger partial charge in [-0.05, 0) is 89.2 Å². The average molecular weight is 838 g/mol. The normalized spacial score (nSPS) is 14.8. The first kappa shape index (κ1) is 53.2. The van der Waals surface area contributed by atoms with Crippen LogP contribution in [0.2, 0.25) is 0 Å². The van der Waals surface area contributed by atoms with Crippen LogP contribution in [0.15, 0.2) is 53.0 Å². The van der Waals surface area contributed by atoms with Crippen LogP contribution < -0.4 is 5.73 Å². The molecule has 0 amide bonds. The van der Waals surface area contributed by atoms with Crippen molar-refractivity contribution in [3.8, 4) is 0 Å². The Morgan fingerprint density at radius 3 is 1.86 bits per heavy atom. The van der Waals surface area contributed by atoms with Gasteiger partial charge in [0.25, 0.3) is 0 Å². The summed E-state index contributed by atoms with van der Waals surface area (Å²) < 4.78 is 38.7. The van der Waals surface area contributed by atoms with E-state index in [0.29, 0.717) is 6.42 Å². The third-order valence-electron chi connectivity index (χ3n) is 9.60. The van der Waals surface area contributed by atoms with Gasteiger partial charge in [0.1, 0.15) is 18.1 Å². The number of ether oxygens (including phenoxy) is 2. The Balaban J connectivity index is 2.35. The first-order valence-electron chi connectivity index (χ1n) is 21.6. The summed E-state index contributed by atoms with van der Waals surface area (Å²) in [5.41, 5.74) is 7.92. The molecule has 1 rings (SSSR count). The quantitative estimate of drug-likeness (QED) is 0.0217. The highest BCUT2D eigenvalue weighted by Crippen LogP contribution is 2.43. The molecule has 1 aromatic rings. The molecular formula is C45H76NO11P. The van der Waals surface area contributed by atoms with Gasteiger partial charge in [-0.1, -0.05) is 101 Å². The smallest absolute Gasteiger partial charge is 0.466 e. The van der Waals surface area contributed by atoms with E-state index in [0.717, 1.165) is 101 Å². The number of aliphatic hydroxyl groups is 2. The first-order chi connectivity index (χ1) is 27.9. The van der Waals surface area contributed by atoms with E-state index in [1.54, 1.807) is 0 Å². The van der Waals surface area contributed by atoms with E-state index in [9.17, 15) is 29.3 Å². The van der Waals surface area contributed by atoms with Crippen molar-refractivity contribution < 1.29 is 52.2 Å². The molecule has 0 saturated heterocycles. The van der Waals surface area contributed by atoms with Crippen molar-refractivity contribution in [2.75, 3.05) is 26.4 Å². The third kappa shape index (κ3) is 27.0. The number of phosphoric acid groups is 1. The Labute approximate surface area is 348 Å². The van der Waals surface area contributed by atoms with Crippen LogP contribution in [0.5, 0.6) is 0 Å². The molecule has 0 radical (unpaired) electrons. The minimum Gasteiger partial charge on any atom is -0.466 e. The molecule has 0 saturated carbocycles. The van der Waals surface area contributed by atoms with Crippen LogP contribution in [-0.4, -0.2) is 71.7 Å². The van der Waals surface area contributed by atoms with E-state index < -0.39 is 51.3 Å². The average Bonchev–Trinajstić information content (AvgIpc) is 3.46. The maximum absolute atomic E-state index is 12.6. The Morgan fingerprint density at radius 2 is 1.26 bits per heavy atom. The predicted molar refractivity (Wildman–Crippen MR) is 230 cm³/mol. The maximum atomic E-state index is 12.6. The van der Waals surface area contributed by atoms with E-state index in [1.807, 2.05) is 18.2 Å². The zero-order chi connectivity index (χ0) is 42.9. The van der Waals surface area contributed by atoms with Crippen LogP contribution in [0, 0.1) is 13.8 Å². The first-order valence-corrected chi connectivity index (χ1v) is 23.1. The number of furan rings is 1. The van der Waals surface area contributed by atoms with Gasteiger partial charge in [-0.3, -0.25) is 18.6 Å². The number of hydrogen-bond donors (Lipinski definition) is 4. The van der Waals surface area contributed by atoms with Crippen molar-refractivity contribution >= 4 is 19.8 Å². The molecule has 1 unspecified atom stereocenters. The number of hydrogen-bond acceptors (Lipinski definition) is 11. The lowest BCUT2D eigenvalue weighted by molar-refractivity contribution is -0.161. The molecule has 0 bridgehead atoms. The second-order valence-electron chi connectivity index (χ2n) is 14.7. The number of rotatable bonds is 36. The van der Waals surface area contributed by atoms with Gasteiger partial charge < -0.3 is 34.7 Å². The minimum atomic E-state index is -4.46. The molecule has 13 heteroatoms. The molecule has 0 aromatic carbocycles. The van der Waals surface area contributed by atoms with Gasteiger partial charge >= 0.3 is 19.8 Å². The van der Waals surface area contributed by atoms with Gasteiger partial charge in [-0.15, -0.1) is 0 Å². The molecule has 0 aliphatic carbocycles. The third-order valence-corrected chi connectivity index (χ3v) is 10.6. The van der Waals surface area contributed by atoms with Gasteiger partial charge in [0, 0.05) is 32.2 Å².